The maximum absolute atomic E-state index is 4.32. The molecule has 0 radical (unpaired) electrons. The average Bonchev–Trinajstić information content (AvgIpc) is 2.82. The summed E-state index contributed by atoms with van der Waals surface area (Å²) in [5.74, 6) is 0. The second-order valence-corrected chi connectivity index (χ2v) is 4.87. The molecule has 86 valence electrons. The highest BCUT2D eigenvalue weighted by Crippen LogP contribution is 2.19. The summed E-state index contributed by atoms with van der Waals surface area (Å²) in [5, 5.41) is 8.61. The van der Waals surface area contributed by atoms with Crippen molar-refractivity contribution in [1.29, 1.82) is 0 Å². The molecule has 0 aliphatic rings. The zero-order valence-corrected chi connectivity index (χ0v) is 10.6. The largest absolute Gasteiger partial charge is 0.357 e. The molecule has 5 heteroatoms. The zero-order chi connectivity index (χ0) is 11.5. The molecular formula is C11H16N4S. The number of nitrogens with zero attached hydrogens (tertiary/aromatic N) is 3. The summed E-state index contributed by atoms with van der Waals surface area (Å²) in [5.41, 5.74) is 2.29. The molecule has 0 fully saturated rings. The maximum atomic E-state index is 4.32. The van der Waals surface area contributed by atoms with Crippen LogP contribution in [0.1, 0.15) is 23.1 Å². The van der Waals surface area contributed by atoms with Gasteiger partial charge in [-0.3, -0.25) is 4.68 Å². The predicted molar refractivity (Wildman–Crippen MR) is 66.8 cm³/mol. The van der Waals surface area contributed by atoms with Crippen molar-refractivity contribution in [2.45, 2.75) is 26.8 Å². The minimum Gasteiger partial charge on any atom is -0.357 e. The fraction of sp³-hybridized carbons (Fsp3) is 0.455. The summed E-state index contributed by atoms with van der Waals surface area (Å²) in [7, 11) is 1.94. The van der Waals surface area contributed by atoms with E-state index < -0.39 is 0 Å². The van der Waals surface area contributed by atoms with Crippen LogP contribution in [0.15, 0.2) is 12.4 Å². The van der Waals surface area contributed by atoms with E-state index in [1.807, 2.05) is 31.0 Å². The van der Waals surface area contributed by atoms with Gasteiger partial charge >= 0.3 is 0 Å². The van der Waals surface area contributed by atoms with E-state index >= 15 is 0 Å². The first-order chi connectivity index (χ1) is 7.69. The quantitative estimate of drug-likeness (QED) is 0.886. The first-order valence-electron chi connectivity index (χ1n) is 5.36. The third-order valence-corrected chi connectivity index (χ3v) is 3.55. The molecule has 2 aromatic rings. The lowest BCUT2D eigenvalue weighted by Crippen LogP contribution is -1.98. The van der Waals surface area contributed by atoms with E-state index in [0.717, 1.165) is 23.8 Å². The fourth-order valence-corrected chi connectivity index (χ4v) is 2.29. The highest BCUT2D eigenvalue weighted by atomic mass is 32.1. The standard InChI is InChI=1S/C11H16N4S/c1-4-10-6-13-11(16-10)12-5-9-7-15(3)14-8(9)2/h6-7H,4-5H2,1-3H3,(H,12,13). The van der Waals surface area contributed by atoms with Gasteiger partial charge in [0, 0.05) is 36.4 Å². The van der Waals surface area contributed by atoms with Crippen molar-refractivity contribution in [1.82, 2.24) is 14.8 Å². The van der Waals surface area contributed by atoms with Crippen molar-refractivity contribution in [3.05, 3.63) is 28.5 Å². The molecule has 0 atom stereocenters. The van der Waals surface area contributed by atoms with Crippen LogP contribution in [0.5, 0.6) is 0 Å². The molecule has 0 amide bonds. The molecule has 0 spiro atoms. The summed E-state index contributed by atoms with van der Waals surface area (Å²) in [4.78, 5) is 5.63. The van der Waals surface area contributed by atoms with Gasteiger partial charge in [-0.05, 0) is 13.3 Å². The molecule has 0 bridgehead atoms. The van der Waals surface area contributed by atoms with E-state index in [1.54, 1.807) is 11.3 Å². The van der Waals surface area contributed by atoms with Crippen LogP contribution in [-0.2, 0) is 20.0 Å². The Morgan fingerprint density at radius 1 is 1.50 bits per heavy atom. The smallest absolute Gasteiger partial charge is 0.183 e. The Morgan fingerprint density at radius 3 is 2.88 bits per heavy atom. The third-order valence-electron chi connectivity index (χ3n) is 2.45. The monoisotopic (exact) mass is 236 g/mol. The van der Waals surface area contributed by atoms with E-state index in [4.69, 9.17) is 0 Å². The molecule has 0 saturated carbocycles. The molecule has 1 N–H and O–H groups in total. The van der Waals surface area contributed by atoms with Crippen LogP contribution in [0.3, 0.4) is 0 Å². The third kappa shape index (κ3) is 2.41. The summed E-state index contributed by atoms with van der Waals surface area (Å²) < 4.78 is 1.84. The number of thiazole rings is 1. The van der Waals surface area contributed by atoms with E-state index in [9.17, 15) is 0 Å². The second kappa shape index (κ2) is 4.65. The van der Waals surface area contributed by atoms with Crippen LogP contribution < -0.4 is 5.32 Å². The number of aromatic nitrogens is 3. The second-order valence-electron chi connectivity index (χ2n) is 3.75. The Hall–Kier alpha value is -1.36. The van der Waals surface area contributed by atoms with E-state index in [1.165, 1.54) is 10.4 Å². The number of hydrogen-bond acceptors (Lipinski definition) is 4. The van der Waals surface area contributed by atoms with Crippen LogP contribution in [0.4, 0.5) is 5.13 Å². The molecule has 0 aliphatic heterocycles. The SMILES string of the molecule is CCc1cnc(NCc2cn(C)nc2C)s1. The summed E-state index contributed by atoms with van der Waals surface area (Å²) in [6, 6.07) is 0. The zero-order valence-electron chi connectivity index (χ0n) is 9.82. The number of rotatable bonds is 4. The Balaban J connectivity index is 1.99. The van der Waals surface area contributed by atoms with Crippen molar-refractivity contribution in [2.75, 3.05) is 5.32 Å². The summed E-state index contributed by atoms with van der Waals surface area (Å²) >= 11 is 1.72. The topological polar surface area (TPSA) is 42.7 Å². The van der Waals surface area contributed by atoms with Crippen LogP contribution >= 0.6 is 11.3 Å². The van der Waals surface area contributed by atoms with Gasteiger partial charge in [-0.15, -0.1) is 11.3 Å². The lowest BCUT2D eigenvalue weighted by atomic mass is 10.3. The van der Waals surface area contributed by atoms with Crippen LogP contribution in [0.25, 0.3) is 0 Å². The summed E-state index contributed by atoms with van der Waals surface area (Å²) in [6.07, 6.45) is 5.02. The number of aryl methyl sites for hydroxylation is 3. The van der Waals surface area contributed by atoms with Gasteiger partial charge in [-0.2, -0.15) is 5.10 Å². The van der Waals surface area contributed by atoms with Gasteiger partial charge in [0.25, 0.3) is 0 Å². The van der Waals surface area contributed by atoms with Crippen molar-refractivity contribution in [3.63, 3.8) is 0 Å². The summed E-state index contributed by atoms with van der Waals surface area (Å²) in [6.45, 7) is 4.95. The average molecular weight is 236 g/mol. The normalized spacial score (nSPS) is 10.7. The van der Waals surface area contributed by atoms with Crippen molar-refractivity contribution < 1.29 is 0 Å². The van der Waals surface area contributed by atoms with Gasteiger partial charge < -0.3 is 5.32 Å². The maximum Gasteiger partial charge on any atom is 0.183 e. The molecule has 4 nitrogen and oxygen atoms in total. The molecule has 0 saturated heterocycles. The molecule has 0 unspecified atom stereocenters. The van der Waals surface area contributed by atoms with Gasteiger partial charge in [-0.1, -0.05) is 6.92 Å². The van der Waals surface area contributed by atoms with Crippen molar-refractivity contribution in [2.24, 2.45) is 7.05 Å². The molecule has 16 heavy (non-hydrogen) atoms. The number of hydrogen-bond donors (Lipinski definition) is 1. The van der Waals surface area contributed by atoms with Crippen molar-refractivity contribution in [3.8, 4) is 0 Å². The van der Waals surface area contributed by atoms with E-state index in [2.05, 4.69) is 22.3 Å². The molecule has 2 heterocycles. The first kappa shape index (κ1) is 11.1. The van der Waals surface area contributed by atoms with E-state index in [-0.39, 0.29) is 0 Å². The fourth-order valence-electron chi connectivity index (χ4n) is 1.55. The molecule has 2 aromatic heterocycles. The van der Waals surface area contributed by atoms with E-state index in [0.29, 0.717) is 0 Å². The van der Waals surface area contributed by atoms with Gasteiger partial charge in [0.2, 0.25) is 0 Å². The highest BCUT2D eigenvalue weighted by molar-refractivity contribution is 7.15. The van der Waals surface area contributed by atoms with Crippen LogP contribution in [0.2, 0.25) is 0 Å². The number of nitrogens with one attached hydrogen (secondary N) is 1. The van der Waals surface area contributed by atoms with Crippen LogP contribution in [0, 0.1) is 6.92 Å². The van der Waals surface area contributed by atoms with Gasteiger partial charge in [0.1, 0.15) is 0 Å². The minimum absolute atomic E-state index is 0.788. The lowest BCUT2D eigenvalue weighted by Gasteiger charge is -2.00. The van der Waals surface area contributed by atoms with Gasteiger partial charge in [-0.25, -0.2) is 4.98 Å². The molecule has 0 aliphatic carbocycles. The van der Waals surface area contributed by atoms with Crippen LogP contribution in [-0.4, -0.2) is 14.8 Å². The lowest BCUT2D eigenvalue weighted by molar-refractivity contribution is 0.756. The molecule has 0 aromatic carbocycles. The Labute approximate surface area is 99.3 Å². The van der Waals surface area contributed by atoms with Gasteiger partial charge in [0.05, 0.1) is 5.69 Å². The first-order valence-corrected chi connectivity index (χ1v) is 6.18. The number of anilines is 1. The minimum atomic E-state index is 0.788. The Kier molecular flexibility index (Phi) is 3.24. The highest BCUT2D eigenvalue weighted by Gasteiger charge is 2.04. The molecule has 2 rings (SSSR count). The van der Waals surface area contributed by atoms with Gasteiger partial charge in [0.15, 0.2) is 5.13 Å². The Bertz CT molecular complexity index is 472. The molecular weight excluding hydrogens is 220 g/mol. The van der Waals surface area contributed by atoms with Crippen molar-refractivity contribution >= 4 is 16.5 Å². The predicted octanol–water partition coefficient (Wildman–Crippen LogP) is 2.36. The Morgan fingerprint density at radius 2 is 2.31 bits per heavy atom.